The molecule has 0 radical (unpaired) electrons. The van der Waals surface area contributed by atoms with Gasteiger partial charge in [0.2, 0.25) is 11.8 Å². The van der Waals surface area contributed by atoms with E-state index in [1.54, 1.807) is 0 Å². The fraction of sp³-hybridized carbons (Fsp3) is 0.391. The van der Waals surface area contributed by atoms with Crippen molar-refractivity contribution in [1.82, 2.24) is 5.32 Å². The summed E-state index contributed by atoms with van der Waals surface area (Å²) in [7, 11) is 0. The van der Waals surface area contributed by atoms with Crippen LogP contribution in [0.2, 0.25) is 10.0 Å². The first-order valence-electron chi connectivity index (χ1n) is 9.96. The van der Waals surface area contributed by atoms with Crippen LogP contribution in [0.4, 0.5) is 0 Å². The molecular weight excluding hydrogens is 407 g/mol. The second kappa shape index (κ2) is 8.00. The van der Waals surface area contributed by atoms with E-state index in [2.05, 4.69) is 5.32 Å². The summed E-state index contributed by atoms with van der Waals surface area (Å²) in [4.78, 5) is 25.3. The second-order valence-corrected chi connectivity index (χ2v) is 9.31. The molecule has 0 unspecified atom stereocenters. The Hall–Kier alpha value is -2.04. The van der Waals surface area contributed by atoms with Crippen molar-refractivity contribution in [3.05, 3.63) is 69.7 Å². The van der Waals surface area contributed by atoms with Crippen molar-refractivity contribution >= 4 is 35.0 Å². The Balaban J connectivity index is 1.75. The van der Waals surface area contributed by atoms with E-state index < -0.39 is 11.3 Å². The van der Waals surface area contributed by atoms with E-state index in [0.29, 0.717) is 28.8 Å². The van der Waals surface area contributed by atoms with E-state index in [4.69, 9.17) is 28.9 Å². The normalized spacial score (nSPS) is 26.8. The van der Waals surface area contributed by atoms with Gasteiger partial charge in [0, 0.05) is 22.4 Å². The molecule has 1 saturated carbocycles. The zero-order chi connectivity index (χ0) is 20.6. The molecule has 0 bridgehead atoms. The van der Waals surface area contributed by atoms with Gasteiger partial charge in [-0.25, -0.2) is 0 Å². The molecule has 152 valence electrons. The Bertz CT molecular complexity index is 927. The molecule has 1 heterocycles. The number of nitrogens with two attached hydrogens (primary N) is 1. The molecular formula is C23H24Cl2N2O2. The third-order valence-corrected chi connectivity index (χ3v) is 6.66. The molecule has 4 rings (SSSR count). The number of carbonyl (C=O) groups excluding carboxylic acids is 2. The first-order chi connectivity index (χ1) is 13.9. The largest absolute Gasteiger partial charge is 0.370 e. The Labute approximate surface area is 180 Å². The maximum atomic E-state index is 13.3. The molecule has 2 aliphatic rings. The molecule has 2 amide bonds. The topological polar surface area (TPSA) is 72.2 Å². The maximum Gasteiger partial charge on any atom is 0.227 e. The number of amides is 2. The number of rotatable bonds is 6. The predicted molar refractivity (Wildman–Crippen MR) is 115 cm³/mol. The molecule has 0 spiro atoms. The van der Waals surface area contributed by atoms with Crippen LogP contribution in [0.1, 0.15) is 55.2 Å². The molecule has 29 heavy (non-hydrogen) atoms. The first-order valence-corrected chi connectivity index (χ1v) is 10.7. The van der Waals surface area contributed by atoms with Crippen molar-refractivity contribution in [3.63, 3.8) is 0 Å². The zero-order valence-corrected chi connectivity index (χ0v) is 17.5. The highest BCUT2D eigenvalue weighted by molar-refractivity contribution is 6.30. The highest BCUT2D eigenvalue weighted by Crippen LogP contribution is 2.52. The van der Waals surface area contributed by atoms with E-state index in [0.717, 1.165) is 24.0 Å². The first kappa shape index (κ1) is 20.2. The summed E-state index contributed by atoms with van der Waals surface area (Å²) in [6, 6.07) is 15.0. The summed E-state index contributed by atoms with van der Waals surface area (Å²) in [5.41, 5.74) is 6.83. The third-order valence-electron chi connectivity index (χ3n) is 6.18. The molecule has 2 fully saturated rings. The van der Waals surface area contributed by atoms with Crippen molar-refractivity contribution < 1.29 is 9.59 Å². The molecule has 1 saturated heterocycles. The average molecular weight is 431 g/mol. The van der Waals surface area contributed by atoms with Gasteiger partial charge in [-0.1, -0.05) is 60.3 Å². The van der Waals surface area contributed by atoms with Crippen molar-refractivity contribution in [2.24, 2.45) is 17.1 Å². The zero-order valence-electron chi connectivity index (χ0n) is 16.0. The van der Waals surface area contributed by atoms with Gasteiger partial charge in [-0.2, -0.15) is 0 Å². The molecule has 1 aliphatic carbocycles. The maximum absolute atomic E-state index is 13.3. The summed E-state index contributed by atoms with van der Waals surface area (Å²) in [6.45, 7) is 0. The van der Waals surface area contributed by atoms with Crippen LogP contribution in [0.25, 0.3) is 0 Å². The lowest BCUT2D eigenvalue weighted by Gasteiger charge is -2.44. The van der Waals surface area contributed by atoms with Crippen LogP contribution in [0.3, 0.4) is 0 Å². The van der Waals surface area contributed by atoms with Crippen LogP contribution in [-0.4, -0.2) is 11.8 Å². The van der Waals surface area contributed by atoms with Crippen LogP contribution in [0.5, 0.6) is 0 Å². The fourth-order valence-corrected chi connectivity index (χ4v) is 4.99. The molecule has 6 heteroatoms. The number of carbonyl (C=O) groups is 2. The minimum absolute atomic E-state index is 0.0225. The smallest absolute Gasteiger partial charge is 0.227 e. The van der Waals surface area contributed by atoms with Crippen molar-refractivity contribution in [1.29, 1.82) is 0 Å². The third kappa shape index (κ3) is 4.44. The van der Waals surface area contributed by atoms with Crippen molar-refractivity contribution in [3.8, 4) is 0 Å². The van der Waals surface area contributed by atoms with Crippen LogP contribution < -0.4 is 11.1 Å². The predicted octanol–water partition coefficient (Wildman–Crippen LogP) is 5.00. The van der Waals surface area contributed by atoms with Gasteiger partial charge in [0.25, 0.3) is 0 Å². The van der Waals surface area contributed by atoms with Gasteiger partial charge in [0.05, 0.1) is 11.5 Å². The number of hydrogen-bond donors (Lipinski definition) is 2. The quantitative estimate of drug-likeness (QED) is 0.676. The van der Waals surface area contributed by atoms with E-state index in [9.17, 15) is 9.59 Å². The molecule has 4 nitrogen and oxygen atoms in total. The number of benzene rings is 2. The van der Waals surface area contributed by atoms with Crippen LogP contribution in [0, 0.1) is 11.3 Å². The summed E-state index contributed by atoms with van der Waals surface area (Å²) in [6.07, 6.45) is 3.55. The summed E-state index contributed by atoms with van der Waals surface area (Å²) in [5.74, 6) is -0.0464. The molecule has 2 aromatic rings. The fourth-order valence-electron chi connectivity index (χ4n) is 4.67. The van der Waals surface area contributed by atoms with Gasteiger partial charge in [0.1, 0.15) is 0 Å². The number of piperidine rings is 1. The van der Waals surface area contributed by atoms with E-state index >= 15 is 0 Å². The van der Waals surface area contributed by atoms with Gasteiger partial charge in [-0.05, 0) is 54.2 Å². The lowest BCUT2D eigenvalue weighted by atomic mass is 9.65. The molecule has 0 aromatic heterocycles. The minimum Gasteiger partial charge on any atom is -0.370 e. The van der Waals surface area contributed by atoms with E-state index in [-0.39, 0.29) is 24.3 Å². The number of primary amides is 1. The Kier molecular flexibility index (Phi) is 5.58. The number of hydrogen-bond acceptors (Lipinski definition) is 2. The second-order valence-electron chi connectivity index (χ2n) is 8.44. The molecule has 3 atom stereocenters. The Morgan fingerprint density at radius 1 is 1.07 bits per heavy atom. The van der Waals surface area contributed by atoms with Gasteiger partial charge >= 0.3 is 0 Å². The summed E-state index contributed by atoms with van der Waals surface area (Å²) >= 11 is 12.3. The van der Waals surface area contributed by atoms with Crippen LogP contribution >= 0.6 is 23.2 Å². The highest BCUT2D eigenvalue weighted by atomic mass is 35.5. The van der Waals surface area contributed by atoms with Gasteiger partial charge in [-0.15, -0.1) is 0 Å². The SMILES string of the molecule is NC(=O)C[C@@]1(CC2CC2)C[C@H](c2cccc(Cl)c2)[C@@H](c2ccc(Cl)cc2)NC1=O. The molecule has 1 aliphatic heterocycles. The number of halogens is 2. The minimum atomic E-state index is -0.775. The van der Waals surface area contributed by atoms with E-state index in [1.807, 2.05) is 48.5 Å². The van der Waals surface area contributed by atoms with E-state index in [1.165, 1.54) is 0 Å². The van der Waals surface area contributed by atoms with Gasteiger partial charge < -0.3 is 11.1 Å². The Morgan fingerprint density at radius 3 is 2.41 bits per heavy atom. The highest BCUT2D eigenvalue weighted by Gasteiger charge is 2.51. The standard InChI is InChI=1S/C23H24Cl2N2O2/c24-17-8-6-15(7-9-17)21-19(16-2-1-3-18(25)10-16)12-23(13-20(26)28,22(29)27-21)11-14-4-5-14/h1-3,6-10,14,19,21H,4-5,11-13H2,(H2,26,28)(H,27,29)/t19-,21-,23-/m1/s1. The van der Waals surface area contributed by atoms with Crippen LogP contribution in [-0.2, 0) is 9.59 Å². The van der Waals surface area contributed by atoms with Crippen molar-refractivity contribution in [2.45, 2.75) is 44.1 Å². The van der Waals surface area contributed by atoms with Gasteiger partial charge in [0.15, 0.2) is 0 Å². The van der Waals surface area contributed by atoms with Crippen molar-refractivity contribution in [2.75, 3.05) is 0 Å². The number of nitrogens with one attached hydrogen (secondary N) is 1. The summed E-state index contributed by atoms with van der Waals surface area (Å²) in [5, 5.41) is 4.51. The Morgan fingerprint density at radius 2 is 1.79 bits per heavy atom. The lowest BCUT2D eigenvalue weighted by molar-refractivity contribution is -0.141. The molecule has 2 aromatic carbocycles. The average Bonchev–Trinajstić information content (AvgIpc) is 3.48. The monoisotopic (exact) mass is 430 g/mol. The summed E-state index contributed by atoms with van der Waals surface area (Å²) < 4.78 is 0. The molecule has 3 N–H and O–H groups in total. The van der Waals surface area contributed by atoms with Crippen LogP contribution in [0.15, 0.2) is 48.5 Å². The lowest BCUT2D eigenvalue weighted by Crippen LogP contribution is -2.52. The van der Waals surface area contributed by atoms with Gasteiger partial charge in [-0.3, -0.25) is 9.59 Å².